The number of hydrogen-bond acceptors (Lipinski definition) is 5. The lowest BCUT2D eigenvalue weighted by Crippen LogP contribution is -2.39. The molecule has 5 heteroatoms. The molecule has 5 rings (SSSR count). The average Bonchev–Trinajstić information content (AvgIpc) is 3.40. The van der Waals surface area contributed by atoms with E-state index in [1.54, 1.807) is 0 Å². The Labute approximate surface area is 165 Å². The Bertz CT molecular complexity index is 967. The number of hydrazine groups is 1. The van der Waals surface area contributed by atoms with E-state index in [1.165, 1.54) is 37.0 Å². The number of nitrogens with zero attached hydrogens (tertiary/aromatic N) is 1. The van der Waals surface area contributed by atoms with E-state index < -0.39 is 0 Å². The number of benzene rings is 2. The lowest BCUT2D eigenvalue weighted by molar-refractivity contribution is 0.482. The summed E-state index contributed by atoms with van der Waals surface area (Å²) in [4.78, 5) is 4.53. The van der Waals surface area contributed by atoms with Gasteiger partial charge >= 0.3 is 0 Å². The molecule has 3 aliphatic rings. The minimum atomic E-state index is 0.585. The van der Waals surface area contributed by atoms with Crippen LogP contribution in [0.2, 0.25) is 0 Å². The van der Waals surface area contributed by atoms with E-state index in [4.69, 9.17) is 10.5 Å². The molecule has 0 aromatic heterocycles. The molecule has 5 nitrogen and oxygen atoms in total. The van der Waals surface area contributed by atoms with Crippen molar-refractivity contribution in [3.63, 3.8) is 0 Å². The molecule has 1 aliphatic carbocycles. The van der Waals surface area contributed by atoms with Gasteiger partial charge in [0, 0.05) is 28.3 Å². The number of nitrogens with one attached hydrogen (secondary N) is 2. The quantitative estimate of drug-likeness (QED) is 0.755. The molecule has 2 aromatic rings. The van der Waals surface area contributed by atoms with E-state index in [9.17, 15) is 0 Å². The number of para-hydroxylation sites is 1. The highest BCUT2D eigenvalue weighted by atomic mass is 16.5. The van der Waals surface area contributed by atoms with Gasteiger partial charge in [0.1, 0.15) is 17.3 Å². The van der Waals surface area contributed by atoms with Crippen LogP contribution in [0.15, 0.2) is 76.4 Å². The largest absolute Gasteiger partial charge is 0.457 e. The van der Waals surface area contributed by atoms with E-state index in [0.717, 1.165) is 28.3 Å². The molecule has 0 saturated heterocycles. The lowest BCUT2D eigenvalue weighted by Gasteiger charge is -2.29. The normalized spacial score (nSPS) is 19.2. The number of fused-ring (bicyclic) bond motifs is 1. The van der Waals surface area contributed by atoms with Crippen LogP contribution < -0.4 is 21.3 Å². The molecule has 2 aromatic carbocycles. The summed E-state index contributed by atoms with van der Waals surface area (Å²) in [7, 11) is 0. The van der Waals surface area contributed by atoms with Crippen LogP contribution in [-0.2, 0) is 0 Å². The maximum Gasteiger partial charge on any atom is 0.128 e. The molecule has 2 aliphatic heterocycles. The van der Waals surface area contributed by atoms with Crippen LogP contribution in [-0.4, -0.2) is 12.4 Å². The van der Waals surface area contributed by atoms with Gasteiger partial charge in [-0.2, -0.15) is 0 Å². The summed E-state index contributed by atoms with van der Waals surface area (Å²) in [6, 6.07) is 17.9. The van der Waals surface area contributed by atoms with Gasteiger partial charge in [-0.1, -0.05) is 31.0 Å². The van der Waals surface area contributed by atoms with Crippen molar-refractivity contribution >= 4 is 11.5 Å². The van der Waals surface area contributed by atoms with Crippen molar-refractivity contribution in [2.75, 3.05) is 6.54 Å². The van der Waals surface area contributed by atoms with Gasteiger partial charge in [0.15, 0.2) is 0 Å². The predicted molar refractivity (Wildman–Crippen MR) is 112 cm³/mol. The SMILES string of the molecule is NC1=NCC2=C(C3CCCC3)NNC(c3ccc(Oc4ccccc4)cc3)=C12. The van der Waals surface area contributed by atoms with E-state index in [1.807, 2.05) is 42.5 Å². The van der Waals surface area contributed by atoms with E-state index in [2.05, 4.69) is 28.0 Å². The molecule has 0 atom stereocenters. The van der Waals surface area contributed by atoms with Gasteiger partial charge in [-0.15, -0.1) is 0 Å². The number of hydrogen-bond donors (Lipinski definition) is 3. The Morgan fingerprint density at radius 2 is 1.61 bits per heavy atom. The molecule has 28 heavy (non-hydrogen) atoms. The average molecular weight is 372 g/mol. The Kier molecular flexibility index (Phi) is 4.28. The summed E-state index contributed by atoms with van der Waals surface area (Å²) in [6.45, 7) is 0.667. The molecule has 0 bridgehead atoms. The van der Waals surface area contributed by atoms with Crippen molar-refractivity contribution in [2.45, 2.75) is 25.7 Å². The Hall–Kier alpha value is -3.21. The molecule has 0 unspecified atom stereocenters. The molecule has 4 N–H and O–H groups in total. The Morgan fingerprint density at radius 1 is 0.893 bits per heavy atom. The minimum Gasteiger partial charge on any atom is -0.457 e. The highest BCUT2D eigenvalue weighted by Gasteiger charge is 2.32. The molecule has 0 spiro atoms. The van der Waals surface area contributed by atoms with Crippen LogP contribution in [0.25, 0.3) is 5.70 Å². The summed E-state index contributed by atoms with van der Waals surface area (Å²) < 4.78 is 5.90. The fourth-order valence-electron chi connectivity index (χ4n) is 4.34. The van der Waals surface area contributed by atoms with E-state index >= 15 is 0 Å². The summed E-state index contributed by atoms with van der Waals surface area (Å²) in [5.41, 5.74) is 18.8. The van der Waals surface area contributed by atoms with Crippen LogP contribution in [0.3, 0.4) is 0 Å². The van der Waals surface area contributed by atoms with Crippen molar-refractivity contribution in [1.29, 1.82) is 0 Å². The molecule has 1 fully saturated rings. The summed E-state index contributed by atoms with van der Waals surface area (Å²) >= 11 is 0. The lowest BCUT2D eigenvalue weighted by atomic mass is 9.91. The van der Waals surface area contributed by atoms with Gasteiger partial charge in [-0.3, -0.25) is 10.4 Å². The Balaban J connectivity index is 1.46. The molecule has 0 radical (unpaired) electrons. The molecular weight excluding hydrogens is 348 g/mol. The van der Waals surface area contributed by atoms with Crippen molar-refractivity contribution in [3.05, 3.63) is 77.0 Å². The van der Waals surface area contributed by atoms with E-state index in [-0.39, 0.29) is 0 Å². The molecule has 0 amide bonds. The monoisotopic (exact) mass is 372 g/mol. The van der Waals surface area contributed by atoms with Crippen LogP contribution in [0, 0.1) is 5.92 Å². The van der Waals surface area contributed by atoms with Crippen molar-refractivity contribution in [1.82, 2.24) is 10.9 Å². The molecule has 142 valence electrons. The molecule has 1 saturated carbocycles. The third-order valence-corrected chi connectivity index (χ3v) is 5.75. The van der Waals surface area contributed by atoms with Crippen molar-refractivity contribution in [3.8, 4) is 11.5 Å². The van der Waals surface area contributed by atoms with Gasteiger partial charge in [-0.05, 0) is 49.2 Å². The second kappa shape index (κ2) is 7.08. The van der Waals surface area contributed by atoms with Gasteiger partial charge in [-0.25, -0.2) is 0 Å². The fraction of sp³-hybridized carbons (Fsp3) is 0.261. The topological polar surface area (TPSA) is 71.7 Å². The van der Waals surface area contributed by atoms with Gasteiger partial charge in [0.05, 0.1) is 12.2 Å². The summed E-state index contributed by atoms with van der Waals surface area (Å²) in [5, 5.41) is 0. The third-order valence-electron chi connectivity index (χ3n) is 5.75. The first kappa shape index (κ1) is 16.9. The van der Waals surface area contributed by atoms with Gasteiger partial charge in [0.25, 0.3) is 0 Å². The predicted octanol–water partition coefficient (Wildman–Crippen LogP) is 4.11. The second-order valence-electron chi connectivity index (χ2n) is 7.51. The minimum absolute atomic E-state index is 0.585. The summed E-state index contributed by atoms with van der Waals surface area (Å²) in [5.74, 6) is 2.84. The first-order chi connectivity index (χ1) is 13.8. The maximum atomic E-state index is 6.28. The van der Waals surface area contributed by atoms with Crippen LogP contribution in [0.1, 0.15) is 31.2 Å². The Morgan fingerprint density at radius 3 is 2.36 bits per heavy atom. The maximum absolute atomic E-state index is 6.28. The zero-order chi connectivity index (χ0) is 18.9. The number of allylic oxidation sites excluding steroid dienone is 1. The zero-order valence-electron chi connectivity index (χ0n) is 15.7. The van der Waals surface area contributed by atoms with Gasteiger partial charge in [0.2, 0.25) is 0 Å². The number of ether oxygens (including phenoxy) is 1. The molecule has 2 heterocycles. The molecular formula is C23H24N4O. The number of amidine groups is 1. The summed E-state index contributed by atoms with van der Waals surface area (Å²) in [6.07, 6.45) is 5.08. The first-order valence-corrected chi connectivity index (χ1v) is 9.93. The van der Waals surface area contributed by atoms with Crippen molar-refractivity contribution in [2.24, 2.45) is 16.6 Å². The van der Waals surface area contributed by atoms with Crippen LogP contribution in [0.5, 0.6) is 11.5 Å². The second-order valence-corrected chi connectivity index (χ2v) is 7.51. The fourth-order valence-corrected chi connectivity index (χ4v) is 4.34. The number of rotatable bonds is 4. The smallest absolute Gasteiger partial charge is 0.128 e. The zero-order valence-corrected chi connectivity index (χ0v) is 15.7. The third kappa shape index (κ3) is 3.03. The number of nitrogens with two attached hydrogens (primary N) is 1. The van der Waals surface area contributed by atoms with Crippen LogP contribution >= 0.6 is 0 Å². The standard InChI is InChI=1S/C23H24N4O/c24-23-20-19(14-25-23)21(15-6-4-5-7-15)26-27-22(20)16-10-12-18(13-11-16)28-17-8-2-1-3-9-17/h1-3,8-13,15,26-27H,4-7,14H2,(H2,24,25). The first-order valence-electron chi connectivity index (χ1n) is 9.93. The van der Waals surface area contributed by atoms with Crippen molar-refractivity contribution < 1.29 is 4.74 Å². The van der Waals surface area contributed by atoms with E-state index in [0.29, 0.717) is 18.3 Å². The van der Waals surface area contributed by atoms with Gasteiger partial charge < -0.3 is 15.9 Å². The number of aliphatic imine (C=N–C) groups is 1. The highest BCUT2D eigenvalue weighted by Crippen LogP contribution is 2.38. The van der Waals surface area contributed by atoms with Crippen LogP contribution in [0.4, 0.5) is 0 Å². The highest BCUT2D eigenvalue weighted by molar-refractivity contribution is 6.10.